The summed E-state index contributed by atoms with van der Waals surface area (Å²) in [5.41, 5.74) is 1.17. The van der Waals surface area contributed by atoms with E-state index in [-0.39, 0.29) is 31.5 Å². The lowest BCUT2D eigenvalue weighted by atomic mass is 10.1. The number of benzene rings is 2. The van der Waals surface area contributed by atoms with Crippen LogP contribution in [-0.4, -0.2) is 32.2 Å². The Labute approximate surface area is 172 Å². The van der Waals surface area contributed by atoms with Crippen LogP contribution < -0.4 is 14.2 Å². The van der Waals surface area contributed by atoms with Gasteiger partial charge >= 0.3 is 0 Å². The standard InChI is InChI=1S/C11H12F2O3.C9H8F2O2.CH4/c1-14-6-16-8-5-7-3-2-4-15-11(7)10(13)9(8)12;10-7-6(12)4-5-2-1-3-13-9(5)8(7)11;/h5H,2-4,6H2,1H3;4,12H,1-3H2;1H4. The average molecular weight is 432 g/mol. The lowest BCUT2D eigenvalue weighted by molar-refractivity contribution is 0.0474. The third kappa shape index (κ3) is 4.89. The minimum Gasteiger partial charge on any atom is -0.505 e. The number of halogens is 4. The van der Waals surface area contributed by atoms with E-state index in [1.807, 2.05) is 0 Å². The number of ether oxygens (including phenoxy) is 4. The number of methoxy groups -OCH3 is 1. The number of fused-ring (bicyclic) bond motifs is 2. The topological polar surface area (TPSA) is 57.2 Å². The molecule has 5 nitrogen and oxygen atoms in total. The van der Waals surface area contributed by atoms with Gasteiger partial charge in [-0.25, -0.2) is 0 Å². The predicted octanol–water partition coefficient (Wildman–Crippen LogP) is 4.90. The lowest BCUT2D eigenvalue weighted by Gasteiger charge is -2.19. The number of phenols is 1. The zero-order valence-corrected chi connectivity index (χ0v) is 15.7. The first-order chi connectivity index (χ1) is 13.9. The van der Waals surface area contributed by atoms with Gasteiger partial charge in [-0.05, 0) is 37.8 Å². The zero-order valence-electron chi connectivity index (χ0n) is 15.7. The van der Waals surface area contributed by atoms with Crippen molar-refractivity contribution in [3.05, 3.63) is 46.5 Å². The van der Waals surface area contributed by atoms with E-state index in [0.29, 0.717) is 37.2 Å². The van der Waals surface area contributed by atoms with Crippen molar-refractivity contribution < 1.29 is 41.6 Å². The van der Waals surface area contributed by atoms with Crippen LogP contribution in [0.1, 0.15) is 31.4 Å². The Morgan fingerprint density at radius 2 is 1.40 bits per heavy atom. The fraction of sp³-hybridized carbons (Fsp3) is 0.429. The van der Waals surface area contributed by atoms with E-state index in [4.69, 9.17) is 19.3 Å². The molecule has 0 radical (unpaired) electrons. The first-order valence-corrected chi connectivity index (χ1v) is 9.02. The predicted molar refractivity (Wildman–Crippen MR) is 101 cm³/mol. The molecule has 9 heteroatoms. The second kappa shape index (κ2) is 10.4. The molecule has 2 heterocycles. The summed E-state index contributed by atoms with van der Waals surface area (Å²) in [5.74, 6) is -5.17. The van der Waals surface area contributed by atoms with Gasteiger partial charge in [-0.3, -0.25) is 0 Å². The molecule has 0 aromatic heterocycles. The quantitative estimate of drug-likeness (QED) is 0.552. The largest absolute Gasteiger partial charge is 0.505 e. The van der Waals surface area contributed by atoms with Crippen LogP contribution in [0.25, 0.3) is 0 Å². The maximum Gasteiger partial charge on any atom is 0.204 e. The monoisotopic (exact) mass is 432 g/mol. The first-order valence-electron chi connectivity index (χ1n) is 9.02. The van der Waals surface area contributed by atoms with Crippen LogP contribution in [0.4, 0.5) is 17.6 Å². The maximum atomic E-state index is 13.6. The molecule has 0 amide bonds. The van der Waals surface area contributed by atoms with E-state index in [9.17, 15) is 17.6 Å². The third-order valence-electron chi connectivity index (χ3n) is 4.43. The summed E-state index contributed by atoms with van der Waals surface area (Å²) in [4.78, 5) is 0. The molecule has 2 aromatic carbocycles. The molecule has 30 heavy (non-hydrogen) atoms. The van der Waals surface area contributed by atoms with Crippen LogP contribution in [0.15, 0.2) is 12.1 Å². The van der Waals surface area contributed by atoms with Crippen LogP contribution >= 0.6 is 0 Å². The van der Waals surface area contributed by atoms with Crippen LogP contribution in [0.5, 0.6) is 23.0 Å². The van der Waals surface area contributed by atoms with Crippen molar-refractivity contribution in [2.75, 3.05) is 27.1 Å². The summed E-state index contributed by atoms with van der Waals surface area (Å²) in [5, 5.41) is 8.99. The SMILES string of the molecule is C.COCOc1cc2c(c(F)c1F)OCCC2.Oc1cc2c(c(F)c1F)OCCC2. The van der Waals surface area contributed by atoms with E-state index in [1.54, 1.807) is 0 Å². The van der Waals surface area contributed by atoms with Gasteiger partial charge in [0.25, 0.3) is 0 Å². The van der Waals surface area contributed by atoms with Gasteiger partial charge in [-0.1, -0.05) is 7.43 Å². The van der Waals surface area contributed by atoms with Crippen molar-refractivity contribution in [3.8, 4) is 23.0 Å². The minimum atomic E-state index is -1.24. The molecule has 0 atom stereocenters. The fourth-order valence-electron chi connectivity index (χ4n) is 3.07. The molecule has 0 bridgehead atoms. The summed E-state index contributed by atoms with van der Waals surface area (Å²) in [6.45, 7) is 0.700. The molecule has 0 fully saturated rings. The second-order valence-corrected chi connectivity index (χ2v) is 6.46. The minimum absolute atomic E-state index is 0. The van der Waals surface area contributed by atoms with E-state index < -0.39 is 29.0 Å². The highest BCUT2D eigenvalue weighted by molar-refractivity contribution is 5.44. The maximum absolute atomic E-state index is 13.6. The highest BCUT2D eigenvalue weighted by Gasteiger charge is 2.23. The Bertz CT molecular complexity index is 889. The smallest absolute Gasteiger partial charge is 0.204 e. The number of rotatable bonds is 3. The van der Waals surface area contributed by atoms with E-state index in [2.05, 4.69) is 4.74 Å². The molecular formula is C21H24F4O5. The van der Waals surface area contributed by atoms with Crippen molar-refractivity contribution in [1.29, 1.82) is 0 Å². The highest BCUT2D eigenvalue weighted by Crippen LogP contribution is 2.35. The van der Waals surface area contributed by atoms with Crippen LogP contribution in [0.3, 0.4) is 0 Å². The summed E-state index contributed by atoms with van der Waals surface area (Å²) in [6.07, 6.45) is 2.83. The van der Waals surface area contributed by atoms with Gasteiger partial charge in [0.15, 0.2) is 29.8 Å². The van der Waals surface area contributed by atoms with Gasteiger partial charge in [0.1, 0.15) is 0 Å². The Balaban J connectivity index is 0.000000211. The number of aryl methyl sites for hydroxylation is 2. The van der Waals surface area contributed by atoms with Crippen molar-refractivity contribution >= 4 is 0 Å². The third-order valence-corrected chi connectivity index (χ3v) is 4.43. The Morgan fingerprint density at radius 1 is 0.867 bits per heavy atom. The van der Waals surface area contributed by atoms with Gasteiger partial charge in [0.2, 0.25) is 23.3 Å². The van der Waals surface area contributed by atoms with E-state index in [1.165, 1.54) is 19.2 Å². The summed E-state index contributed by atoms with van der Waals surface area (Å²) < 4.78 is 72.6. The van der Waals surface area contributed by atoms with Gasteiger partial charge in [0.05, 0.1) is 13.2 Å². The van der Waals surface area contributed by atoms with E-state index >= 15 is 0 Å². The molecule has 2 aliphatic rings. The molecule has 0 saturated heterocycles. The number of hydrogen-bond acceptors (Lipinski definition) is 5. The van der Waals surface area contributed by atoms with Crippen LogP contribution in [-0.2, 0) is 17.6 Å². The van der Waals surface area contributed by atoms with Crippen molar-refractivity contribution in [2.24, 2.45) is 0 Å². The summed E-state index contributed by atoms with van der Waals surface area (Å²) >= 11 is 0. The molecule has 1 N–H and O–H groups in total. The summed E-state index contributed by atoms with van der Waals surface area (Å²) in [6, 6.07) is 2.68. The molecular weight excluding hydrogens is 408 g/mol. The Morgan fingerprint density at radius 3 is 1.97 bits per heavy atom. The van der Waals surface area contributed by atoms with Crippen molar-refractivity contribution in [2.45, 2.75) is 33.1 Å². The highest BCUT2D eigenvalue weighted by atomic mass is 19.2. The fourth-order valence-corrected chi connectivity index (χ4v) is 3.07. The normalized spacial score (nSPS) is 14.0. The molecule has 2 aromatic rings. The zero-order chi connectivity index (χ0) is 21.0. The van der Waals surface area contributed by atoms with Gasteiger partial charge in [-0.2, -0.15) is 17.6 Å². The Hall–Kier alpha value is -2.68. The molecule has 0 spiro atoms. The first kappa shape index (κ1) is 23.6. The van der Waals surface area contributed by atoms with E-state index in [0.717, 1.165) is 12.8 Å². The van der Waals surface area contributed by atoms with Gasteiger partial charge < -0.3 is 24.1 Å². The Kier molecular flexibility index (Phi) is 8.16. The number of aromatic hydroxyl groups is 1. The van der Waals surface area contributed by atoms with Gasteiger partial charge in [0, 0.05) is 18.2 Å². The molecule has 166 valence electrons. The lowest BCUT2D eigenvalue weighted by Crippen LogP contribution is -2.12. The van der Waals surface area contributed by atoms with Crippen molar-refractivity contribution in [3.63, 3.8) is 0 Å². The molecule has 2 aliphatic heterocycles. The average Bonchev–Trinajstić information content (AvgIpc) is 2.74. The molecule has 4 rings (SSSR count). The van der Waals surface area contributed by atoms with Crippen LogP contribution in [0.2, 0.25) is 0 Å². The van der Waals surface area contributed by atoms with Gasteiger partial charge in [-0.15, -0.1) is 0 Å². The number of phenolic OH excluding ortho intramolecular Hbond substituents is 1. The second-order valence-electron chi connectivity index (χ2n) is 6.46. The molecule has 0 saturated carbocycles. The summed E-state index contributed by atoms with van der Waals surface area (Å²) in [7, 11) is 1.41. The number of hydrogen-bond donors (Lipinski definition) is 1. The van der Waals surface area contributed by atoms with Crippen LogP contribution in [0, 0.1) is 23.3 Å². The molecule has 0 aliphatic carbocycles. The molecule has 0 unspecified atom stereocenters. The van der Waals surface area contributed by atoms with Crippen molar-refractivity contribution in [1.82, 2.24) is 0 Å².